The molecule has 12 N–H and O–H groups in total. The second kappa shape index (κ2) is 20.0. The van der Waals surface area contributed by atoms with Gasteiger partial charge in [-0.2, -0.15) is 5.26 Å². The van der Waals surface area contributed by atoms with Crippen LogP contribution < -0.4 is 36.9 Å². The molecular formula is C31H50N5O12PS. The molecule has 0 aromatic heterocycles. The number of phosphoric acid groups is 1. The number of carbonyl (C=O) groups is 1. The van der Waals surface area contributed by atoms with Gasteiger partial charge in [0.1, 0.15) is 11.9 Å². The maximum Gasteiger partial charge on any atom is 0.407 e. The van der Waals surface area contributed by atoms with Crippen molar-refractivity contribution in [3.8, 4) is 11.8 Å². The van der Waals surface area contributed by atoms with Gasteiger partial charge in [-0.15, -0.1) is 0 Å². The molecule has 4 rings (SSSR count). The molecule has 2 heterocycles. The Kier molecular flexibility index (Phi) is 17.9. The number of ether oxygens (including phenoxy) is 4. The molecule has 282 valence electrons. The van der Waals surface area contributed by atoms with Crippen LogP contribution in [0, 0.1) is 22.7 Å². The highest BCUT2D eigenvalue weighted by Crippen LogP contribution is 2.34. The largest absolute Gasteiger partial charge is 0.790 e. The lowest BCUT2D eigenvalue weighted by atomic mass is 9.79. The molecule has 0 spiro atoms. The van der Waals surface area contributed by atoms with Gasteiger partial charge in [-0.25, -0.2) is 17.9 Å². The molecule has 1 unspecified atom stereocenters. The summed E-state index contributed by atoms with van der Waals surface area (Å²) in [5.74, 6) is 0.440. The Morgan fingerprint density at radius 2 is 1.74 bits per heavy atom. The van der Waals surface area contributed by atoms with Crippen LogP contribution in [-0.4, -0.2) is 75.4 Å². The molecule has 2 aromatic rings. The molecule has 0 radical (unpaired) electrons. The van der Waals surface area contributed by atoms with Gasteiger partial charge in [0.2, 0.25) is 10.0 Å². The summed E-state index contributed by atoms with van der Waals surface area (Å²) < 4.78 is 60.4. The molecule has 19 heteroatoms. The highest BCUT2D eigenvalue weighted by atomic mass is 32.2. The van der Waals surface area contributed by atoms with Crippen LogP contribution in [0.1, 0.15) is 45.1 Å². The second-order valence-corrected chi connectivity index (χ2v) is 14.9. The zero-order valence-electron chi connectivity index (χ0n) is 28.9. The first-order chi connectivity index (χ1) is 22.5. The predicted octanol–water partition coefficient (Wildman–Crippen LogP) is 2.08. The van der Waals surface area contributed by atoms with Gasteiger partial charge >= 0.3 is 6.09 Å². The molecule has 0 bridgehead atoms. The fourth-order valence-corrected chi connectivity index (χ4v) is 6.87. The average molecular weight is 748 g/mol. The highest BCUT2D eigenvalue weighted by molar-refractivity contribution is 7.89. The normalized spacial score (nSPS) is 20.2. The zero-order valence-corrected chi connectivity index (χ0v) is 30.6. The van der Waals surface area contributed by atoms with E-state index in [9.17, 15) is 23.6 Å². The van der Waals surface area contributed by atoms with Crippen LogP contribution in [0.15, 0.2) is 59.5 Å². The van der Waals surface area contributed by atoms with E-state index in [2.05, 4.69) is 16.1 Å². The van der Waals surface area contributed by atoms with Crippen molar-refractivity contribution in [3.63, 3.8) is 0 Å². The summed E-state index contributed by atoms with van der Waals surface area (Å²) in [5, 5.41) is 23.8. The molecule has 1 amide bonds. The number of nitrogens with one attached hydrogen (secondary N) is 2. The Morgan fingerprint density at radius 3 is 2.32 bits per heavy atom. The van der Waals surface area contributed by atoms with Gasteiger partial charge in [0, 0.05) is 6.42 Å². The molecule has 2 saturated heterocycles. The molecule has 6 atom stereocenters. The molecule has 2 aliphatic rings. The number of rotatable bonds is 14. The minimum absolute atomic E-state index is 0. The van der Waals surface area contributed by atoms with Crippen molar-refractivity contribution in [1.82, 2.24) is 22.3 Å². The predicted molar refractivity (Wildman–Crippen MR) is 179 cm³/mol. The minimum Gasteiger partial charge on any atom is -0.790 e. The molecule has 2 aliphatic heterocycles. The summed E-state index contributed by atoms with van der Waals surface area (Å²) in [7, 11) is -7.74. The molecule has 0 aliphatic carbocycles. The SMILES string of the molecule is COc1ccc(S(=O)(=O)NC(CC(C)(C)CCC#N)[C@H](O)[C@H](Cc2ccccc2)NC(=O)O[C@H]2CO[C@H]3OCC[C@H]32)cc1.O=P([O-])([O-])O.[NH4+].[NH4+]. The third-order valence-corrected chi connectivity index (χ3v) is 9.54. The van der Waals surface area contributed by atoms with Crippen LogP contribution in [0.4, 0.5) is 4.79 Å². The van der Waals surface area contributed by atoms with Gasteiger partial charge < -0.3 is 60.9 Å². The molecule has 2 aromatic carbocycles. The number of amides is 1. The third-order valence-electron chi connectivity index (χ3n) is 8.03. The number of sulfonamides is 1. The lowest BCUT2D eigenvalue weighted by Crippen LogP contribution is -2.56. The number of aliphatic hydroxyl groups excluding tert-OH is 1. The average Bonchev–Trinajstić information content (AvgIpc) is 3.64. The van der Waals surface area contributed by atoms with E-state index in [1.54, 1.807) is 12.1 Å². The Bertz CT molecular complexity index is 1510. The quantitative estimate of drug-likeness (QED) is 0.151. The Morgan fingerprint density at radius 1 is 1.12 bits per heavy atom. The van der Waals surface area contributed by atoms with Gasteiger partial charge in [0.15, 0.2) is 6.29 Å². The standard InChI is InChI=1S/C31H41N3O8S.2H3N.H3O4P/c1-31(2,15-7-16-32)19-26(34-43(37,38)23-12-10-22(39-3)11-13-23)28(35)25(18-21-8-5-4-6-9-21)33-30(36)42-27-20-41-29-24(27)14-17-40-29;;;1-5(2,3)4/h4-6,8-13,24-29,34-35H,7,14-15,17-20H2,1-3H3,(H,33,36);2*1H3;(H3,1,2,3,4)/t24-,25-,26?,27-,28+,29+;;;/m0.../s1. The minimum atomic E-state index is -5.14. The first-order valence-electron chi connectivity index (χ1n) is 15.2. The van der Waals surface area contributed by atoms with E-state index in [4.69, 9.17) is 38.2 Å². The van der Waals surface area contributed by atoms with E-state index in [0.717, 1.165) is 5.56 Å². The zero-order chi connectivity index (χ0) is 35.5. The van der Waals surface area contributed by atoms with Crippen LogP contribution in [0.5, 0.6) is 5.75 Å². The summed E-state index contributed by atoms with van der Waals surface area (Å²) in [6.07, 6.45) is -1.09. The van der Waals surface area contributed by atoms with Gasteiger partial charge in [-0.1, -0.05) is 44.2 Å². The van der Waals surface area contributed by atoms with Crippen molar-refractivity contribution in [2.45, 2.75) is 81.4 Å². The van der Waals surface area contributed by atoms with Crippen molar-refractivity contribution >= 4 is 23.9 Å². The van der Waals surface area contributed by atoms with E-state index >= 15 is 0 Å². The summed E-state index contributed by atoms with van der Waals surface area (Å²) >= 11 is 0. The number of benzene rings is 2. The van der Waals surface area contributed by atoms with E-state index < -0.39 is 59.9 Å². The topological polar surface area (TPSA) is 313 Å². The number of quaternary nitrogens is 2. The van der Waals surface area contributed by atoms with Gasteiger partial charge in [-0.05, 0) is 60.9 Å². The van der Waals surface area contributed by atoms with Gasteiger partial charge in [0.25, 0.3) is 0 Å². The molecular weight excluding hydrogens is 697 g/mol. The van der Waals surface area contributed by atoms with Crippen LogP contribution in [0.3, 0.4) is 0 Å². The first-order valence-corrected chi connectivity index (χ1v) is 18.2. The maximum absolute atomic E-state index is 13.5. The number of carbonyl (C=O) groups excluding carboxylic acids is 1. The summed E-state index contributed by atoms with van der Waals surface area (Å²) in [6, 6.07) is 15.4. The van der Waals surface area contributed by atoms with E-state index in [1.165, 1.54) is 19.2 Å². The van der Waals surface area contributed by atoms with E-state index in [1.807, 2.05) is 44.2 Å². The van der Waals surface area contributed by atoms with Crippen molar-refractivity contribution in [2.24, 2.45) is 11.3 Å². The molecule has 17 nitrogen and oxygen atoms in total. The van der Waals surface area contributed by atoms with Crippen LogP contribution >= 0.6 is 7.82 Å². The monoisotopic (exact) mass is 747 g/mol. The van der Waals surface area contributed by atoms with Gasteiger partial charge in [0.05, 0.1) is 63.2 Å². The Labute approximate surface area is 292 Å². The number of fused-ring (bicyclic) bond motifs is 1. The van der Waals surface area contributed by atoms with E-state index in [0.29, 0.717) is 25.2 Å². The highest BCUT2D eigenvalue weighted by Gasteiger charge is 2.44. The van der Waals surface area contributed by atoms with Crippen molar-refractivity contribution in [3.05, 3.63) is 60.2 Å². The Balaban J connectivity index is 0.00000167. The van der Waals surface area contributed by atoms with Crippen molar-refractivity contribution < 1.29 is 56.5 Å². The number of nitrogens with zero attached hydrogens (tertiary/aromatic N) is 1. The van der Waals surface area contributed by atoms with Crippen molar-refractivity contribution in [1.29, 1.82) is 5.26 Å². The fraction of sp³-hybridized carbons (Fsp3) is 0.548. The van der Waals surface area contributed by atoms with Crippen molar-refractivity contribution in [2.75, 3.05) is 20.3 Å². The fourth-order valence-electron chi connectivity index (χ4n) is 5.62. The first kappa shape index (κ1) is 44.8. The number of hydrogen-bond donors (Lipinski definition) is 6. The maximum atomic E-state index is 13.5. The van der Waals surface area contributed by atoms with Crippen LogP contribution in [0.2, 0.25) is 0 Å². The number of nitriles is 1. The second-order valence-electron chi connectivity index (χ2n) is 12.3. The van der Waals surface area contributed by atoms with E-state index in [-0.39, 0.29) is 49.0 Å². The van der Waals surface area contributed by atoms with Crippen LogP contribution in [0.25, 0.3) is 0 Å². The molecule has 2 fully saturated rings. The summed E-state index contributed by atoms with van der Waals surface area (Å²) in [6.45, 7) is 4.58. The number of methoxy groups -OCH3 is 1. The number of hydrogen-bond acceptors (Lipinski definition) is 12. The smallest absolute Gasteiger partial charge is 0.407 e. The summed E-state index contributed by atoms with van der Waals surface area (Å²) in [5.41, 5.74) is 0.320. The van der Waals surface area contributed by atoms with Gasteiger partial charge in [-0.3, -0.25) is 0 Å². The lowest BCUT2D eigenvalue weighted by molar-refractivity contribution is -0.337. The van der Waals surface area contributed by atoms with Crippen LogP contribution in [-0.2, 0) is 35.2 Å². The Hall–Kier alpha value is -3.18. The summed E-state index contributed by atoms with van der Waals surface area (Å²) in [4.78, 5) is 37.5. The number of alkyl carbamates (subject to hydrolysis) is 1. The molecule has 50 heavy (non-hydrogen) atoms. The number of aliphatic hydroxyl groups is 1. The third kappa shape index (κ3) is 14.6. The molecule has 0 saturated carbocycles. The lowest BCUT2D eigenvalue weighted by Gasteiger charge is -2.36.